The van der Waals surface area contributed by atoms with Crippen molar-refractivity contribution in [1.82, 2.24) is 9.71 Å². The van der Waals surface area contributed by atoms with Gasteiger partial charge >= 0.3 is 0 Å². The van der Waals surface area contributed by atoms with Crippen molar-refractivity contribution >= 4 is 31.8 Å². The molecule has 21 heavy (non-hydrogen) atoms. The monoisotopic (exact) mass is 377 g/mol. The zero-order chi connectivity index (χ0) is 15.3. The SMILES string of the molecule is CNc1ncc(Br)cc1S(=O)(=O)NCCC1CCCCO1. The fraction of sp³-hybridized carbons (Fsp3) is 0.615. The zero-order valence-electron chi connectivity index (χ0n) is 11.9. The van der Waals surface area contributed by atoms with Crippen LogP contribution in [-0.4, -0.2) is 39.7 Å². The summed E-state index contributed by atoms with van der Waals surface area (Å²) < 4.78 is 33.5. The van der Waals surface area contributed by atoms with E-state index in [1.807, 2.05) is 0 Å². The van der Waals surface area contributed by atoms with Crippen LogP contribution >= 0.6 is 15.9 Å². The Hall–Kier alpha value is -0.700. The predicted molar refractivity (Wildman–Crippen MR) is 84.9 cm³/mol. The number of pyridine rings is 1. The van der Waals surface area contributed by atoms with Gasteiger partial charge in [0.1, 0.15) is 10.7 Å². The largest absolute Gasteiger partial charge is 0.378 e. The number of nitrogens with one attached hydrogen (secondary N) is 2. The second-order valence-corrected chi connectivity index (χ2v) is 7.58. The Labute approximate surface area is 133 Å². The molecule has 1 aliphatic heterocycles. The molecule has 0 saturated carbocycles. The van der Waals surface area contributed by atoms with E-state index in [4.69, 9.17) is 4.74 Å². The van der Waals surface area contributed by atoms with E-state index in [0.717, 1.165) is 25.9 Å². The van der Waals surface area contributed by atoms with Gasteiger partial charge in [-0.15, -0.1) is 0 Å². The summed E-state index contributed by atoms with van der Waals surface area (Å²) in [5, 5.41) is 2.79. The average Bonchev–Trinajstić information content (AvgIpc) is 2.48. The topological polar surface area (TPSA) is 80.3 Å². The molecular weight excluding hydrogens is 358 g/mol. The molecule has 0 aromatic carbocycles. The van der Waals surface area contributed by atoms with Crippen LogP contribution in [0, 0.1) is 0 Å². The average molecular weight is 378 g/mol. The maximum atomic E-state index is 12.4. The lowest BCUT2D eigenvalue weighted by Crippen LogP contribution is -2.30. The summed E-state index contributed by atoms with van der Waals surface area (Å²) in [5.74, 6) is 0.333. The summed E-state index contributed by atoms with van der Waals surface area (Å²) in [5.41, 5.74) is 0. The Morgan fingerprint density at radius 3 is 2.95 bits per heavy atom. The first kappa shape index (κ1) is 16.7. The second-order valence-electron chi connectivity index (χ2n) is 4.93. The van der Waals surface area contributed by atoms with Crippen molar-refractivity contribution in [3.63, 3.8) is 0 Å². The van der Waals surface area contributed by atoms with Crippen LogP contribution in [-0.2, 0) is 14.8 Å². The molecule has 0 spiro atoms. The molecular formula is C13H20BrN3O3S. The lowest BCUT2D eigenvalue weighted by atomic mass is 10.1. The van der Waals surface area contributed by atoms with Crippen LogP contribution in [0.5, 0.6) is 0 Å². The molecule has 1 aromatic rings. The Bertz CT molecular complexity index is 574. The highest BCUT2D eigenvalue weighted by atomic mass is 79.9. The number of rotatable bonds is 6. The van der Waals surface area contributed by atoms with Gasteiger partial charge in [-0.25, -0.2) is 18.1 Å². The first-order valence-corrected chi connectivity index (χ1v) is 9.25. The molecule has 2 rings (SSSR count). The molecule has 1 fully saturated rings. The third-order valence-electron chi connectivity index (χ3n) is 3.38. The van der Waals surface area contributed by atoms with Gasteiger partial charge in [-0.3, -0.25) is 0 Å². The van der Waals surface area contributed by atoms with E-state index in [2.05, 4.69) is 31.0 Å². The van der Waals surface area contributed by atoms with Gasteiger partial charge < -0.3 is 10.1 Å². The van der Waals surface area contributed by atoms with Crippen molar-refractivity contribution in [2.45, 2.75) is 36.7 Å². The quantitative estimate of drug-likeness (QED) is 0.793. The molecule has 1 aliphatic rings. The second kappa shape index (κ2) is 7.53. The van der Waals surface area contributed by atoms with E-state index in [9.17, 15) is 8.42 Å². The standard InChI is InChI=1S/C13H20BrN3O3S/c1-15-13-12(8-10(14)9-16-13)21(18,19)17-6-5-11-4-2-3-7-20-11/h8-9,11,17H,2-7H2,1H3,(H,15,16). The zero-order valence-corrected chi connectivity index (χ0v) is 14.3. The molecule has 8 heteroatoms. The highest BCUT2D eigenvalue weighted by Gasteiger charge is 2.21. The smallest absolute Gasteiger partial charge is 0.244 e. The minimum atomic E-state index is -3.59. The normalized spacial score (nSPS) is 19.4. The van der Waals surface area contributed by atoms with Gasteiger partial charge in [-0.05, 0) is 47.7 Å². The summed E-state index contributed by atoms with van der Waals surface area (Å²) >= 11 is 3.25. The minimum Gasteiger partial charge on any atom is -0.378 e. The summed E-state index contributed by atoms with van der Waals surface area (Å²) in [6.45, 7) is 1.14. The molecule has 1 saturated heterocycles. The molecule has 2 heterocycles. The first-order chi connectivity index (χ1) is 10.0. The third-order valence-corrected chi connectivity index (χ3v) is 5.29. The van der Waals surface area contributed by atoms with Crippen LogP contribution in [0.4, 0.5) is 5.82 Å². The molecule has 0 aliphatic carbocycles. The van der Waals surface area contributed by atoms with Crippen LogP contribution in [0.3, 0.4) is 0 Å². The molecule has 2 N–H and O–H groups in total. The van der Waals surface area contributed by atoms with Crippen LogP contribution in [0.2, 0.25) is 0 Å². The highest BCUT2D eigenvalue weighted by Crippen LogP contribution is 2.22. The number of halogens is 1. The number of hydrogen-bond donors (Lipinski definition) is 2. The lowest BCUT2D eigenvalue weighted by Gasteiger charge is -2.22. The maximum absolute atomic E-state index is 12.4. The number of sulfonamides is 1. The van der Waals surface area contributed by atoms with E-state index >= 15 is 0 Å². The van der Waals surface area contributed by atoms with Crippen LogP contribution < -0.4 is 10.0 Å². The molecule has 1 atom stereocenters. The van der Waals surface area contributed by atoms with Gasteiger partial charge in [0.2, 0.25) is 10.0 Å². The fourth-order valence-electron chi connectivity index (χ4n) is 2.28. The van der Waals surface area contributed by atoms with Crippen molar-refractivity contribution in [3.05, 3.63) is 16.7 Å². The molecule has 118 valence electrons. The van der Waals surface area contributed by atoms with E-state index in [0.29, 0.717) is 23.3 Å². The lowest BCUT2D eigenvalue weighted by molar-refractivity contribution is 0.0123. The summed E-state index contributed by atoms with van der Waals surface area (Å²) in [7, 11) is -1.94. The number of anilines is 1. The summed E-state index contributed by atoms with van der Waals surface area (Å²) in [6.07, 6.45) is 5.65. The van der Waals surface area contributed by atoms with Gasteiger partial charge in [0, 0.05) is 30.9 Å². The molecule has 0 radical (unpaired) electrons. The minimum absolute atomic E-state index is 0.143. The number of nitrogens with zero attached hydrogens (tertiary/aromatic N) is 1. The van der Waals surface area contributed by atoms with Crippen molar-refractivity contribution < 1.29 is 13.2 Å². The van der Waals surface area contributed by atoms with E-state index in [1.54, 1.807) is 13.2 Å². The summed E-state index contributed by atoms with van der Waals surface area (Å²) in [4.78, 5) is 4.20. The molecule has 1 unspecified atom stereocenters. The number of ether oxygens (including phenoxy) is 1. The van der Waals surface area contributed by atoms with Crippen molar-refractivity contribution in [3.8, 4) is 0 Å². The van der Waals surface area contributed by atoms with Crippen LogP contribution in [0.15, 0.2) is 21.6 Å². The Kier molecular flexibility index (Phi) is 5.98. The molecule has 6 nitrogen and oxygen atoms in total. The third kappa shape index (κ3) is 4.64. The Morgan fingerprint density at radius 2 is 2.29 bits per heavy atom. The van der Waals surface area contributed by atoms with Crippen molar-refractivity contribution in [2.75, 3.05) is 25.5 Å². The summed E-state index contributed by atoms with van der Waals surface area (Å²) in [6, 6.07) is 1.54. The number of hydrogen-bond acceptors (Lipinski definition) is 5. The molecule has 0 bridgehead atoms. The Balaban J connectivity index is 1.99. The van der Waals surface area contributed by atoms with Gasteiger partial charge in [0.05, 0.1) is 6.10 Å². The maximum Gasteiger partial charge on any atom is 0.244 e. The van der Waals surface area contributed by atoms with Crippen molar-refractivity contribution in [1.29, 1.82) is 0 Å². The predicted octanol–water partition coefficient (Wildman–Crippen LogP) is 2.12. The van der Waals surface area contributed by atoms with Gasteiger partial charge in [0.15, 0.2) is 0 Å². The highest BCUT2D eigenvalue weighted by molar-refractivity contribution is 9.10. The molecule has 1 aromatic heterocycles. The Morgan fingerprint density at radius 1 is 1.48 bits per heavy atom. The van der Waals surface area contributed by atoms with Gasteiger partial charge in [-0.2, -0.15) is 0 Å². The van der Waals surface area contributed by atoms with E-state index in [-0.39, 0.29) is 11.0 Å². The van der Waals surface area contributed by atoms with Crippen LogP contribution in [0.25, 0.3) is 0 Å². The van der Waals surface area contributed by atoms with Crippen molar-refractivity contribution in [2.24, 2.45) is 0 Å². The van der Waals surface area contributed by atoms with E-state index in [1.165, 1.54) is 6.07 Å². The molecule has 0 amide bonds. The fourth-order valence-corrected chi connectivity index (χ4v) is 4.00. The number of aromatic nitrogens is 1. The first-order valence-electron chi connectivity index (χ1n) is 6.97. The van der Waals surface area contributed by atoms with Gasteiger partial charge in [-0.1, -0.05) is 0 Å². The van der Waals surface area contributed by atoms with Gasteiger partial charge in [0.25, 0.3) is 0 Å². The van der Waals surface area contributed by atoms with Crippen LogP contribution in [0.1, 0.15) is 25.7 Å². The van der Waals surface area contributed by atoms with E-state index < -0.39 is 10.0 Å².